The van der Waals surface area contributed by atoms with Crippen molar-refractivity contribution in [3.63, 3.8) is 0 Å². The number of aliphatic imine (C=N–C) groups is 1. The fourth-order valence-corrected chi connectivity index (χ4v) is 2.72. The lowest BCUT2D eigenvalue weighted by atomic mass is 9.80. The van der Waals surface area contributed by atoms with Crippen LogP contribution in [-0.4, -0.2) is 17.3 Å². The van der Waals surface area contributed by atoms with E-state index >= 15 is 0 Å². The normalized spacial score (nSPS) is 18.2. The molecule has 1 aliphatic rings. The van der Waals surface area contributed by atoms with Crippen molar-refractivity contribution in [3.05, 3.63) is 35.4 Å². The highest BCUT2D eigenvalue weighted by atomic mass is 32.2. The molecule has 0 saturated heterocycles. The Morgan fingerprint density at radius 2 is 2.07 bits per heavy atom. The van der Waals surface area contributed by atoms with Gasteiger partial charge in [-0.2, -0.15) is 0 Å². The van der Waals surface area contributed by atoms with E-state index in [4.69, 9.17) is 4.99 Å². The fraction of sp³-hybridized carbons (Fsp3) is 0.462. The average Bonchev–Trinajstić information content (AvgIpc) is 2.23. The fourth-order valence-electron chi connectivity index (χ4n) is 1.96. The van der Waals surface area contributed by atoms with Gasteiger partial charge in [-0.1, -0.05) is 45.0 Å². The molecule has 1 nitrogen and oxygen atoms in total. The molecule has 1 aliphatic heterocycles. The van der Waals surface area contributed by atoms with Gasteiger partial charge in [0.1, 0.15) is 0 Å². The van der Waals surface area contributed by atoms with Crippen molar-refractivity contribution in [2.75, 3.05) is 12.3 Å². The zero-order valence-corrected chi connectivity index (χ0v) is 10.4. The summed E-state index contributed by atoms with van der Waals surface area (Å²) in [5.74, 6) is 1.09. The minimum absolute atomic E-state index is 0.189. The number of rotatable bonds is 1. The number of nitrogens with zero attached hydrogens (tertiary/aromatic N) is 1. The third-order valence-corrected chi connectivity index (χ3v) is 3.70. The Bertz CT molecular complexity index is 393. The molecule has 0 unspecified atom stereocenters. The molecule has 0 atom stereocenters. The smallest absolute Gasteiger partial charge is 0.0980 e. The molecule has 0 spiro atoms. The van der Waals surface area contributed by atoms with Crippen molar-refractivity contribution in [2.45, 2.75) is 26.2 Å². The third-order valence-electron chi connectivity index (χ3n) is 2.79. The van der Waals surface area contributed by atoms with E-state index in [9.17, 15) is 0 Å². The van der Waals surface area contributed by atoms with Gasteiger partial charge in [0, 0.05) is 17.5 Å². The van der Waals surface area contributed by atoms with Gasteiger partial charge in [-0.3, -0.25) is 4.99 Å². The van der Waals surface area contributed by atoms with Crippen LogP contribution in [0.1, 0.15) is 31.9 Å². The monoisotopic (exact) mass is 219 g/mol. The second-order valence-corrected chi connectivity index (χ2v) is 5.74. The summed E-state index contributed by atoms with van der Waals surface area (Å²) in [7, 11) is 0. The zero-order valence-electron chi connectivity index (χ0n) is 9.58. The highest BCUT2D eigenvalue weighted by Crippen LogP contribution is 2.33. The Hall–Kier alpha value is -0.760. The van der Waals surface area contributed by atoms with E-state index in [-0.39, 0.29) is 5.41 Å². The van der Waals surface area contributed by atoms with Crippen LogP contribution < -0.4 is 0 Å². The van der Waals surface area contributed by atoms with Gasteiger partial charge in [0.25, 0.3) is 0 Å². The first-order valence-electron chi connectivity index (χ1n) is 5.42. The first-order chi connectivity index (χ1) is 7.15. The topological polar surface area (TPSA) is 12.4 Å². The number of hydrogen-bond acceptors (Lipinski definition) is 2. The quantitative estimate of drug-likeness (QED) is 0.704. The zero-order chi connectivity index (χ0) is 10.9. The molecular weight excluding hydrogens is 202 g/mol. The van der Waals surface area contributed by atoms with Gasteiger partial charge in [0.05, 0.1) is 5.04 Å². The van der Waals surface area contributed by atoms with Crippen LogP contribution in [-0.2, 0) is 5.41 Å². The molecule has 1 aromatic carbocycles. The van der Waals surface area contributed by atoms with E-state index in [0.29, 0.717) is 0 Å². The first-order valence-corrected chi connectivity index (χ1v) is 6.41. The first kappa shape index (κ1) is 10.7. The Morgan fingerprint density at radius 3 is 2.80 bits per heavy atom. The molecule has 1 heterocycles. The van der Waals surface area contributed by atoms with E-state index in [1.807, 2.05) is 11.8 Å². The van der Waals surface area contributed by atoms with Gasteiger partial charge in [-0.25, -0.2) is 0 Å². The van der Waals surface area contributed by atoms with Crippen LogP contribution in [0.15, 0.2) is 29.3 Å². The van der Waals surface area contributed by atoms with Gasteiger partial charge in [-0.15, -0.1) is 11.8 Å². The molecule has 2 rings (SSSR count). The minimum Gasteiger partial charge on any atom is -0.277 e. The van der Waals surface area contributed by atoms with Gasteiger partial charge in [0.2, 0.25) is 0 Å². The lowest BCUT2D eigenvalue weighted by Crippen LogP contribution is -2.28. The number of thioether (sulfide) groups is 1. The molecule has 0 aromatic heterocycles. The van der Waals surface area contributed by atoms with Crippen LogP contribution in [0.5, 0.6) is 0 Å². The van der Waals surface area contributed by atoms with Crippen molar-refractivity contribution in [2.24, 2.45) is 4.99 Å². The molecule has 15 heavy (non-hydrogen) atoms. The molecule has 0 aliphatic carbocycles. The number of benzene rings is 1. The maximum absolute atomic E-state index is 4.69. The van der Waals surface area contributed by atoms with Crippen molar-refractivity contribution >= 4 is 16.8 Å². The number of hydrogen-bond donors (Lipinski definition) is 0. The Labute approximate surface area is 96.0 Å². The summed E-state index contributed by atoms with van der Waals surface area (Å²) in [5.41, 5.74) is 2.96. The molecule has 0 amide bonds. The van der Waals surface area contributed by atoms with Gasteiger partial charge in [0.15, 0.2) is 0 Å². The van der Waals surface area contributed by atoms with E-state index in [0.717, 1.165) is 12.3 Å². The highest BCUT2D eigenvalue weighted by molar-refractivity contribution is 8.14. The van der Waals surface area contributed by atoms with Crippen LogP contribution in [0.2, 0.25) is 0 Å². The van der Waals surface area contributed by atoms with Crippen LogP contribution in [0, 0.1) is 0 Å². The van der Waals surface area contributed by atoms with E-state index in [1.165, 1.54) is 16.2 Å². The molecular formula is C13H17NS. The lowest BCUT2D eigenvalue weighted by Gasteiger charge is -2.30. The van der Waals surface area contributed by atoms with Crippen molar-refractivity contribution in [3.8, 4) is 0 Å². The van der Waals surface area contributed by atoms with Crippen LogP contribution in [0.4, 0.5) is 0 Å². The molecule has 0 N–H and O–H groups in total. The SMILES string of the molecule is CCSC1=NCC(C)(C)c2ccccc21. The van der Waals surface area contributed by atoms with Crippen molar-refractivity contribution in [1.29, 1.82) is 0 Å². The summed E-state index contributed by atoms with van der Waals surface area (Å²) in [4.78, 5) is 4.69. The predicted octanol–water partition coefficient (Wildman–Crippen LogP) is 3.48. The maximum atomic E-state index is 4.69. The second-order valence-electron chi connectivity index (χ2n) is 4.48. The summed E-state index contributed by atoms with van der Waals surface area (Å²) in [6.45, 7) is 7.62. The van der Waals surface area contributed by atoms with Gasteiger partial charge >= 0.3 is 0 Å². The van der Waals surface area contributed by atoms with Crippen molar-refractivity contribution in [1.82, 2.24) is 0 Å². The van der Waals surface area contributed by atoms with Gasteiger partial charge in [-0.05, 0) is 11.3 Å². The van der Waals surface area contributed by atoms with E-state index < -0.39 is 0 Å². The largest absolute Gasteiger partial charge is 0.277 e. The standard InChI is InChI=1S/C13H17NS/c1-4-15-12-10-7-5-6-8-11(10)13(2,3)9-14-12/h5-8H,4,9H2,1-3H3. The van der Waals surface area contributed by atoms with Crippen LogP contribution in [0.25, 0.3) is 0 Å². The van der Waals surface area contributed by atoms with E-state index in [1.54, 1.807) is 0 Å². The molecule has 1 aromatic rings. The average molecular weight is 219 g/mol. The summed E-state index contributed by atoms with van der Waals surface area (Å²) in [6, 6.07) is 8.66. The van der Waals surface area contributed by atoms with Crippen LogP contribution >= 0.6 is 11.8 Å². The molecule has 0 fully saturated rings. The lowest BCUT2D eigenvalue weighted by molar-refractivity contribution is 0.533. The Morgan fingerprint density at radius 1 is 1.33 bits per heavy atom. The van der Waals surface area contributed by atoms with Crippen LogP contribution in [0.3, 0.4) is 0 Å². The summed E-state index contributed by atoms with van der Waals surface area (Å²) >= 11 is 1.85. The maximum Gasteiger partial charge on any atom is 0.0980 e. The van der Waals surface area contributed by atoms with Crippen molar-refractivity contribution < 1.29 is 0 Å². The summed E-state index contributed by atoms with van der Waals surface area (Å²) in [6.07, 6.45) is 0. The van der Waals surface area contributed by atoms with Gasteiger partial charge < -0.3 is 0 Å². The molecule has 0 radical (unpaired) electrons. The highest BCUT2D eigenvalue weighted by Gasteiger charge is 2.28. The summed E-state index contributed by atoms with van der Waals surface area (Å²) < 4.78 is 0. The molecule has 0 saturated carbocycles. The number of fused-ring (bicyclic) bond motifs is 1. The molecule has 0 bridgehead atoms. The molecule has 2 heteroatoms. The third kappa shape index (κ3) is 1.96. The summed E-state index contributed by atoms with van der Waals surface area (Å²) in [5, 5.41) is 1.22. The second kappa shape index (κ2) is 4.01. The Kier molecular flexibility index (Phi) is 2.87. The Balaban J connectivity index is 2.48. The van der Waals surface area contributed by atoms with E-state index in [2.05, 4.69) is 45.0 Å². The predicted molar refractivity (Wildman–Crippen MR) is 69.0 cm³/mol. The minimum atomic E-state index is 0.189. The molecule has 80 valence electrons.